The number of nitro benzene ring substituents is 1. The summed E-state index contributed by atoms with van der Waals surface area (Å²) in [6.07, 6.45) is 0.419. The van der Waals surface area contributed by atoms with Crippen LogP contribution in [0.25, 0.3) is 0 Å². The number of nitro groups is 1. The molecule has 186 valence electrons. The van der Waals surface area contributed by atoms with Crippen molar-refractivity contribution in [2.75, 3.05) is 24.5 Å². The third-order valence-corrected chi connectivity index (χ3v) is 7.28. The molecule has 3 aromatic carbocycles. The van der Waals surface area contributed by atoms with Crippen molar-refractivity contribution >= 4 is 28.9 Å². The molecule has 2 heterocycles. The summed E-state index contributed by atoms with van der Waals surface area (Å²) in [5.74, 6) is -0.818. The number of nitrogens with zero attached hydrogens (tertiary/aromatic N) is 3. The molecular weight excluding hydrogens is 483 g/mol. The molecular formula is C27H26ClFN4O3. The first-order valence-corrected chi connectivity index (χ1v) is 12.3. The van der Waals surface area contributed by atoms with Gasteiger partial charge in [-0.15, -0.1) is 0 Å². The lowest BCUT2D eigenvalue weighted by Gasteiger charge is -2.49. The van der Waals surface area contributed by atoms with Gasteiger partial charge in [-0.2, -0.15) is 0 Å². The number of non-ortho nitro benzene ring substituents is 1. The third kappa shape index (κ3) is 5.20. The lowest BCUT2D eigenvalue weighted by molar-refractivity contribution is -0.384. The molecule has 0 unspecified atom stereocenters. The second-order valence-electron chi connectivity index (χ2n) is 9.35. The van der Waals surface area contributed by atoms with E-state index in [-0.39, 0.29) is 29.4 Å². The molecule has 1 amide bonds. The Kier molecular flexibility index (Phi) is 6.89. The van der Waals surface area contributed by atoms with Crippen molar-refractivity contribution in [3.05, 3.63) is 104 Å². The van der Waals surface area contributed by atoms with E-state index in [0.29, 0.717) is 31.1 Å². The number of carbonyl (C=O) groups is 1. The van der Waals surface area contributed by atoms with E-state index in [1.807, 2.05) is 30.3 Å². The van der Waals surface area contributed by atoms with Crippen LogP contribution in [0.15, 0.2) is 66.7 Å². The van der Waals surface area contributed by atoms with Crippen LogP contribution in [0.3, 0.4) is 0 Å². The summed E-state index contributed by atoms with van der Waals surface area (Å²) in [7, 11) is 0. The van der Waals surface area contributed by atoms with Gasteiger partial charge in [-0.1, -0.05) is 35.9 Å². The molecule has 0 spiro atoms. The maximum atomic E-state index is 13.4. The highest BCUT2D eigenvalue weighted by Gasteiger charge is 2.41. The summed E-state index contributed by atoms with van der Waals surface area (Å²) in [5, 5.41) is 15.1. The zero-order valence-electron chi connectivity index (χ0n) is 19.6. The molecule has 1 saturated heterocycles. The second-order valence-corrected chi connectivity index (χ2v) is 9.78. The molecule has 2 aliphatic heterocycles. The van der Waals surface area contributed by atoms with Gasteiger partial charge in [-0.3, -0.25) is 19.8 Å². The monoisotopic (exact) mass is 508 g/mol. The molecule has 5 rings (SSSR count). The number of carbonyl (C=O) groups excluding carboxylic acids is 1. The topological polar surface area (TPSA) is 78.7 Å². The number of anilines is 1. The predicted molar refractivity (Wildman–Crippen MR) is 136 cm³/mol. The third-order valence-electron chi connectivity index (χ3n) is 7.03. The summed E-state index contributed by atoms with van der Waals surface area (Å²) in [6, 6.07) is 18.7. The highest BCUT2D eigenvalue weighted by molar-refractivity contribution is 6.30. The van der Waals surface area contributed by atoms with Crippen molar-refractivity contribution < 1.29 is 14.1 Å². The van der Waals surface area contributed by atoms with Crippen molar-refractivity contribution in [3.8, 4) is 0 Å². The molecule has 3 aromatic rings. The van der Waals surface area contributed by atoms with E-state index >= 15 is 0 Å². The van der Waals surface area contributed by atoms with Crippen LogP contribution in [0.2, 0.25) is 5.02 Å². The van der Waals surface area contributed by atoms with E-state index in [1.54, 1.807) is 18.2 Å². The summed E-state index contributed by atoms with van der Waals surface area (Å²) < 4.78 is 13.3. The van der Waals surface area contributed by atoms with Crippen molar-refractivity contribution in [3.63, 3.8) is 0 Å². The molecule has 1 N–H and O–H groups in total. The van der Waals surface area contributed by atoms with Crippen LogP contribution in [0, 0.1) is 21.8 Å². The maximum absolute atomic E-state index is 13.4. The van der Waals surface area contributed by atoms with Gasteiger partial charge in [-0.25, -0.2) is 4.39 Å². The highest BCUT2D eigenvalue weighted by atomic mass is 35.5. The molecule has 0 saturated carbocycles. The van der Waals surface area contributed by atoms with Gasteiger partial charge in [-0.05, 0) is 53.4 Å². The van der Waals surface area contributed by atoms with E-state index < -0.39 is 4.92 Å². The molecule has 2 aliphatic rings. The maximum Gasteiger partial charge on any atom is 0.269 e. The van der Waals surface area contributed by atoms with Gasteiger partial charge >= 0.3 is 0 Å². The van der Waals surface area contributed by atoms with E-state index in [2.05, 4.69) is 15.1 Å². The Hall–Kier alpha value is -3.49. The van der Waals surface area contributed by atoms with Gasteiger partial charge in [0.25, 0.3) is 5.69 Å². The Morgan fingerprint density at radius 2 is 1.78 bits per heavy atom. The number of piperazine rings is 1. The second kappa shape index (κ2) is 10.2. The molecule has 9 heteroatoms. The van der Waals surface area contributed by atoms with Crippen molar-refractivity contribution in [2.45, 2.75) is 25.6 Å². The van der Waals surface area contributed by atoms with Crippen LogP contribution in [0.4, 0.5) is 15.8 Å². The molecule has 0 radical (unpaired) electrons. The summed E-state index contributed by atoms with van der Waals surface area (Å²) >= 11 is 6.03. The fourth-order valence-electron chi connectivity index (χ4n) is 5.20. The number of rotatable bonds is 6. The Bertz CT molecular complexity index is 1270. The molecule has 2 atom stereocenters. The number of benzene rings is 3. The van der Waals surface area contributed by atoms with Gasteiger partial charge < -0.3 is 10.2 Å². The minimum atomic E-state index is -0.403. The van der Waals surface area contributed by atoms with Crippen molar-refractivity contribution in [2.24, 2.45) is 5.92 Å². The minimum Gasteiger partial charge on any atom is -0.365 e. The molecule has 0 aromatic heterocycles. The number of halogens is 2. The van der Waals surface area contributed by atoms with E-state index in [0.717, 1.165) is 35.5 Å². The highest BCUT2D eigenvalue weighted by Crippen LogP contribution is 2.38. The average Bonchev–Trinajstić information content (AvgIpc) is 2.88. The SMILES string of the molecule is O=C(NCc1ccc(F)cc1)[C@H]1Cc2cc([N+](=O)[O-])ccc2N2CCN(Cc3ccc(Cl)cc3)C[C@@H]12. The fraction of sp³-hybridized carbons (Fsp3) is 0.296. The van der Waals surface area contributed by atoms with Crippen LogP contribution < -0.4 is 10.2 Å². The van der Waals surface area contributed by atoms with Gasteiger partial charge in [0.2, 0.25) is 5.91 Å². The molecule has 1 fully saturated rings. The first kappa shape index (κ1) is 24.2. The normalized spacial score (nSPS) is 19.3. The molecule has 7 nitrogen and oxygen atoms in total. The van der Waals surface area contributed by atoms with Crippen molar-refractivity contribution in [1.82, 2.24) is 10.2 Å². The minimum absolute atomic E-state index is 0.0269. The fourth-order valence-corrected chi connectivity index (χ4v) is 5.32. The van der Waals surface area contributed by atoms with Gasteiger partial charge in [0.1, 0.15) is 5.82 Å². The zero-order chi connectivity index (χ0) is 25.2. The van der Waals surface area contributed by atoms with Gasteiger partial charge in [0.15, 0.2) is 0 Å². The Morgan fingerprint density at radius 3 is 2.50 bits per heavy atom. The number of fused-ring (bicyclic) bond motifs is 3. The van der Waals surface area contributed by atoms with Crippen LogP contribution in [-0.4, -0.2) is 41.4 Å². The largest absolute Gasteiger partial charge is 0.365 e. The average molecular weight is 509 g/mol. The van der Waals surface area contributed by atoms with Gasteiger partial charge in [0, 0.05) is 55.6 Å². The summed E-state index contributed by atoms with van der Waals surface area (Å²) in [4.78, 5) is 29.0. The van der Waals surface area contributed by atoms with Crippen LogP contribution in [-0.2, 0) is 24.3 Å². The predicted octanol–water partition coefficient (Wildman–Crippen LogP) is 4.57. The number of amides is 1. The number of hydrogen-bond donors (Lipinski definition) is 1. The Labute approximate surface area is 213 Å². The standard InChI is InChI=1S/C27H26ClFN4O3/c28-21-5-1-19(2-6-21)16-31-11-12-32-25-10-9-23(33(35)36)13-20(25)14-24(26(32)17-31)27(34)30-15-18-3-7-22(29)8-4-18/h1-10,13,24,26H,11-12,14-17H2,(H,30,34)/t24-,26-/m0/s1. The van der Waals surface area contributed by atoms with Crippen LogP contribution in [0.5, 0.6) is 0 Å². The Balaban J connectivity index is 1.38. The lowest BCUT2D eigenvalue weighted by Crippen LogP contribution is -2.60. The van der Waals surface area contributed by atoms with Crippen molar-refractivity contribution in [1.29, 1.82) is 0 Å². The number of hydrogen-bond acceptors (Lipinski definition) is 5. The van der Waals surface area contributed by atoms with Crippen LogP contribution >= 0.6 is 11.6 Å². The number of nitrogens with one attached hydrogen (secondary N) is 1. The van der Waals surface area contributed by atoms with Crippen LogP contribution in [0.1, 0.15) is 16.7 Å². The summed E-state index contributed by atoms with van der Waals surface area (Å²) in [6.45, 7) is 3.25. The first-order valence-electron chi connectivity index (χ1n) is 11.9. The Morgan fingerprint density at radius 1 is 1.06 bits per heavy atom. The lowest BCUT2D eigenvalue weighted by atomic mass is 9.83. The zero-order valence-corrected chi connectivity index (χ0v) is 20.3. The van der Waals surface area contributed by atoms with E-state index in [9.17, 15) is 19.3 Å². The quantitative estimate of drug-likeness (QED) is 0.390. The molecule has 36 heavy (non-hydrogen) atoms. The molecule has 0 bridgehead atoms. The molecule has 0 aliphatic carbocycles. The smallest absolute Gasteiger partial charge is 0.269 e. The summed E-state index contributed by atoms with van der Waals surface area (Å²) in [5.41, 5.74) is 3.75. The van der Waals surface area contributed by atoms with E-state index in [4.69, 9.17) is 11.6 Å². The van der Waals surface area contributed by atoms with E-state index in [1.165, 1.54) is 18.2 Å². The first-order chi connectivity index (χ1) is 17.4. The van der Waals surface area contributed by atoms with Gasteiger partial charge in [0.05, 0.1) is 16.9 Å².